The maximum atomic E-state index is 13.9. The second kappa shape index (κ2) is 21.3. The van der Waals surface area contributed by atoms with Gasteiger partial charge in [0, 0.05) is 20.8 Å². The van der Waals surface area contributed by atoms with Gasteiger partial charge in [0.25, 0.3) is 0 Å². The van der Waals surface area contributed by atoms with Crippen LogP contribution in [0, 0.1) is 0 Å². The first-order valence-corrected chi connectivity index (χ1v) is 18.6. The number of rotatable bonds is 17. The fraction of sp³-hybridized carbons (Fsp3) is 0.463. The molecular formula is C41H46F3NO14. The van der Waals surface area contributed by atoms with E-state index in [-0.39, 0.29) is 26.4 Å². The van der Waals surface area contributed by atoms with Gasteiger partial charge in [0.15, 0.2) is 24.8 Å². The van der Waals surface area contributed by atoms with Gasteiger partial charge in [0.05, 0.1) is 26.4 Å². The highest BCUT2D eigenvalue weighted by atomic mass is 19.4. The predicted octanol–water partition coefficient (Wildman–Crippen LogP) is 3.67. The van der Waals surface area contributed by atoms with Gasteiger partial charge in [-0.25, -0.2) is 0 Å². The summed E-state index contributed by atoms with van der Waals surface area (Å²) in [6.07, 6.45) is -19.8. The van der Waals surface area contributed by atoms with Gasteiger partial charge in [-0.15, -0.1) is 0 Å². The second-order valence-electron chi connectivity index (χ2n) is 13.7. The Morgan fingerprint density at radius 3 is 1.63 bits per heavy atom. The molecule has 0 unspecified atom stereocenters. The zero-order valence-corrected chi connectivity index (χ0v) is 32.4. The zero-order chi connectivity index (χ0) is 42.5. The van der Waals surface area contributed by atoms with Crippen LogP contribution in [-0.2, 0) is 81.6 Å². The van der Waals surface area contributed by atoms with Crippen molar-refractivity contribution in [1.82, 2.24) is 5.32 Å². The summed E-state index contributed by atoms with van der Waals surface area (Å²) >= 11 is 0. The van der Waals surface area contributed by atoms with E-state index in [0.717, 1.165) is 26.3 Å². The van der Waals surface area contributed by atoms with E-state index in [0.29, 0.717) is 11.1 Å². The minimum atomic E-state index is -5.46. The number of carbonyl (C=O) groups excluding carboxylic acids is 4. The Kier molecular flexibility index (Phi) is 16.3. The smallest absolute Gasteiger partial charge is 0.463 e. The molecule has 3 aromatic rings. The number of aliphatic hydroxyl groups is 1. The quantitative estimate of drug-likeness (QED) is 0.148. The monoisotopic (exact) mass is 833 g/mol. The second-order valence-corrected chi connectivity index (χ2v) is 13.7. The molecule has 2 saturated heterocycles. The summed E-state index contributed by atoms with van der Waals surface area (Å²) < 4.78 is 95.0. The Hall–Kier alpha value is -4.95. The van der Waals surface area contributed by atoms with Gasteiger partial charge in [-0.2, -0.15) is 13.2 Å². The Bertz CT molecular complexity index is 1800. The van der Waals surface area contributed by atoms with Crippen molar-refractivity contribution in [2.75, 3.05) is 13.2 Å². The van der Waals surface area contributed by atoms with Crippen molar-refractivity contribution in [3.8, 4) is 0 Å². The molecule has 2 fully saturated rings. The number of esters is 3. The zero-order valence-electron chi connectivity index (χ0n) is 32.4. The molecule has 0 saturated carbocycles. The van der Waals surface area contributed by atoms with Crippen LogP contribution >= 0.6 is 0 Å². The fourth-order valence-electron chi connectivity index (χ4n) is 6.52. The Morgan fingerprint density at radius 2 is 1.12 bits per heavy atom. The van der Waals surface area contributed by atoms with Crippen LogP contribution < -0.4 is 5.32 Å². The summed E-state index contributed by atoms with van der Waals surface area (Å²) in [5, 5.41) is 13.4. The molecule has 0 aliphatic carbocycles. The molecule has 15 nitrogen and oxygen atoms in total. The average molecular weight is 834 g/mol. The third-order valence-corrected chi connectivity index (χ3v) is 9.12. The maximum absolute atomic E-state index is 13.9. The number of amides is 1. The number of aliphatic hydroxyl groups excluding tert-OH is 1. The van der Waals surface area contributed by atoms with Gasteiger partial charge in [-0.05, 0) is 16.7 Å². The third kappa shape index (κ3) is 13.3. The molecule has 0 bridgehead atoms. The average Bonchev–Trinajstić information content (AvgIpc) is 3.19. The Balaban J connectivity index is 1.58. The number of nitrogens with one attached hydrogen (secondary N) is 1. The van der Waals surface area contributed by atoms with Crippen LogP contribution in [0.1, 0.15) is 37.5 Å². The lowest BCUT2D eigenvalue weighted by atomic mass is 9.94. The molecule has 1 amide bonds. The number of ether oxygens (including phenoxy) is 9. The van der Waals surface area contributed by atoms with Crippen molar-refractivity contribution in [3.63, 3.8) is 0 Å². The van der Waals surface area contributed by atoms with Gasteiger partial charge in [-0.1, -0.05) is 91.0 Å². The molecule has 0 radical (unpaired) electrons. The van der Waals surface area contributed by atoms with Crippen molar-refractivity contribution in [1.29, 1.82) is 0 Å². The summed E-state index contributed by atoms with van der Waals surface area (Å²) in [4.78, 5) is 49.4. The van der Waals surface area contributed by atoms with Crippen LogP contribution in [0.4, 0.5) is 13.2 Å². The number of halogens is 3. The van der Waals surface area contributed by atoms with E-state index in [1.807, 2.05) is 30.3 Å². The minimum Gasteiger partial charge on any atom is -0.463 e. The van der Waals surface area contributed by atoms with Crippen molar-refractivity contribution in [2.24, 2.45) is 0 Å². The SMILES string of the molecule is CC(=O)OC[C@H]1O[C@@H](O[C@@H]2[C@@H](OCc3ccccc3)[C@@H](O)O[C@H](COCc3ccccc3)[C@H]2OCc2ccccc2)[C@H](NC(=O)C(F)(F)F)[C@@H](OC(C)=O)[C@@H]1OC(C)=O. The molecule has 18 heteroatoms. The van der Waals surface area contributed by atoms with Crippen LogP contribution in [0.2, 0.25) is 0 Å². The van der Waals surface area contributed by atoms with Crippen LogP contribution in [0.15, 0.2) is 91.0 Å². The molecule has 2 N–H and O–H groups in total. The topological polar surface area (TPSA) is 184 Å². The largest absolute Gasteiger partial charge is 0.471 e. The lowest BCUT2D eigenvalue weighted by Gasteiger charge is -2.49. The van der Waals surface area contributed by atoms with Crippen molar-refractivity contribution >= 4 is 23.8 Å². The molecule has 2 aliphatic heterocycles. The van der Waals surface area contributed by atoms with E-state index in [2.05, 4.69) is 0 Å². The molecule has 10 atom stereocenters. The van der Waals surface area contributed by atoms with E-state index in [9.17, 15) is 37.5 Å². The fourth-order valence-corrected chi connectivity index (χ4v) is 6.52. The third-order valence-electron chi connectivity index (χ3n) is 9.12. The summed E-state index contributed by atoms with van der Waals surface area (Å²) in [6, 6.07) is 24.8. The highest BCUT2D eigenvalue weighted by Gasteiger charge is 2.57. The number of hydrogen-bond donors (Lipinski definition) is 2. The number of hydrogen-bond acceptors (Lipinski definition) is 14. The van der Waals surface area contributed by atoms with Crippen molar-refractivity contribution in [3.05, 3.63) is 108 Å². The number of carbonyl (C=O) groups is 4. The van der Waals surface area contributed by atoms with E-state index < -0.39 is 97.9 Å². The first-order chi connectivity index (χ1) is 28.2. The van der Waals surface area contributed by atoms with Gasteiger partial charge in [0.1, 0.15) is 43.2 Å². The van der Waals surface area contributed by atoms with Crippen molar-refractivity contribution < 1.29 is 80.1 Å². The molecule has 0 spiro atoms. The van der Waals surface area contributed by atoms with Crippen LogP contribution in [0.3, 0.4) is 0 Å². The van der Waals surface area contributed by atoms with Gasteiger partial charge < -0.3 is 53.1 Å². The van der Waals surface area contributed by atoms with Gasteiger partial charge >= 0.3 is 30.0 Å². The van der Waals surface area contributed by atoms with Crippen molar-refractivity contribution in [2.45, 2.75) is 108 Å². The number of alkyl halides is 3. The molecule has 3 aromatic carbocycles. The molecule has 5 rings (SSSR count). The van der Waals surface area contributed by atoms with E-state index in [4.69, 9.17) is 42.6 Å². The van der Waals surface area contributed by atoms with E-state index in [1.165, 1.54) is 0 Å². The molecular weight excluding hydrogens is 787 g/mol. The molecule has 320 valence electrons. The number of benzene rings is 3. The van der Waals surface area contributed by atoms with Crippen LogP contribution in [-0.4, -0.2) is 110 Å². The molecule has 0 aromatic heterocycles. The summed E-state index contributed by atoms with van der Waals surface area (Å²) in [5.41, 5.74) is 2.19. The Morgan fingerprint density at radius 1 is 0.627 bits per heavy atom. The van der Waals surface area contributed by atoms with Crippen LogP contribution in [0.25, 0.3) is 0 Å². The standard InChI is InChI=1S/C41H46F3NO14/c1-24(46)52-23-31-34(55-25(2)47)35(56-26(3)48)32(45-40(50)41(42,43)44)39(58-31)59-36-33(53-20-28-15-9-5-10-16-28)30(22-51-19-27-13-7-4-8-14-27)57-38(49)37(36)54-21-29-17-11-6-12-18-29/h4-18,30-39,49H,19-23H2,1-3H3,(H,45,50)/t30-,31-,32-,33-,34-,35-,36+,37-,38+,39+/m1/s1. The molecule has 2 heterocycles. The minimum absolute atomic E-state index is 0.0646. The predicted molar refractivity (Wildman–Crippen MR) is 196 cm³/mol. The summed E-state index contributed by atoms with van der Waals surface area (Å²) in [5.74, 6) is -5.31. The van der Waals surface area contributed by atoms with Gasteiger partial charge in [0.2, 0.25) is 0 Å². The van der Waals surface area contributed by atoms with Crippen LogP contribution in [0.5, 0.6) is 0 Å². The highest BCUT2D eigenvalue weighted by Crippen LogP contribution is 2.35. The highest BCUT2D eigenvalue weighted by molar-refractivity contribution is 5.82. The first kappa shape index (κ1) is 45.1. The lowest BCUT2D eigenvalue weighted by Crippen LogP contribution is -2.70. The summed E-state index contributed by atoms with van der Waals surface area (Å²) in [7, 11) is 0. The Labute approximate surface area is 337 Å². The molecule has 2 aliphatic rings. The molecule has 59 heavy (non-hydrogen) atoms. The first-order valence-electron chi connectivity index (χ1n) is 18.6. The van der Waals surface area contributed by atoms with Gasteiger partial charge in [-0.3, -0.25) is 19.2 Å². The van der Waals surface area contributed by atoms with E-state index >= 15 is 0 Å². The normalized spacial score (nSPS) is 27.0. The maximum Gasteiger partial charge on any atom is 0.471 e. The summed E-state index contributed by atoms with van der Waals surface area (Å²) in [6.45, 7) is 2.06. The van der Waals surface area contributed by atoms with E-state index in [1.54, 1.807) is 66.0 Å². The lowest BCUT2D eigenvalue weighted by molar-refractivity contribution is -0.355.